The molecule has 6 heteroatoms. The van der Waals surface area contributed by atoms with Gasteiger partial charge in [-0.25, -0.2) is 0 Å². The van der Waals surface area contributed by atoms with E-state index in [1.807, 2.05) is 0 Å². The van der Waals surface area contributed by atoms with Crippen molar-refractivity contribution in [2.24, 2.45) is 0 Å². The van der Waals surface area contributed by atoms with E-state index in [-0.39, 0.29) is 18.0 Å². The summed E-state index contributed by atoms with van der Waals surface area (Å²) in [6.07, 6.45) is -0.549. The lowest BCUT2D eigenvalue weighted by molar-refractivity contribution is -0.385. The van der Waals surface area contributed by atoms with Gasteiger partial charge in [0.15, 0.2) is 6.10 Å². The molecule has 0 N–H and O–H groups in total. The van der Waals surface area contributed by atoms with Gasteiger partial charge in [0, 0.05) is 18.6 Å². The molecule has 1 aromatic carbocycles. The number of esters is 1. The van der Waals surface area contributed by atoms with Gasteiger partial charge < -0.3 is 9.47 Å². The number of nitrogens with zero attached hydrogens (tertiary/aromatic N) is 1. The second-order valence-corrected chi connectivity index (χ2v) is 3.36. The third-order valence-corrected chi connectivity index (χ3v) is 2.26. The average Bonchev–Trinajstić information content (AvgIpc) is 2.60. The van der Waals surface area contributed by atoms with Crippen LogP contribution in [0.5, 0.6) is 5.75 Å². The molecule has 0 spiro atoms. The molecule has 0 radical (unpaired) electrons. The van der Waals surface area contributed by atoms with Crippen molar-refractivity contribution in [2.75, 3.05) is 6.61 Å². The first-order chi connectivity index (χ1) is 7.59. The van der Waals surface area contributed by atoms with E-state index in [0.29, 0.717) is 5.56 Å². The third kappa shape index (κ3) is 1.69. The molecule has 1 heterocycles. The number of para-hydroxylation sites is 1. The maximum atomic E-state index is 10.8. The van der Waals surface area contributed by atoms with Crippen molar-refractivity contribution in [3.8, 4) is 5.75 Å². The van der Waals surface area contributed by atoms with Crippen LogP contribution in [0, 0.1) is 10.1 Å². The van der Waals surface area contributed by atoms with Crippen molar-refractivity contribution in [1.29, 1.82) is 0 Å². The smallest absolute Gasteiger partial charge is 0.311 e. The maximum absolute atomic E-state index is 10.8. The Bertz CT molecular complexity index is 457. The first-order valence-corrected chi connectivity index (χ1v) is 4.67. The van der Waals surface area contributed by atoms with Crippen molar-refractivity contribution in [3.63, 3.8) is 0 Å². The topological polar surface area (TPSA) is 78.7 Å². The van der Waals surface area contributed by atoms with Crippen LogP contribution in [0.1, 0.15) is 18.6 Å². The summed E-state index contributed by atoms with van der Waals surface area (Å²) in [6, 6.07) is 4.56. The predicted octanol–water partition coefficient (Wildman–Crippen LogP) is 1.59. The zero-order chi connectivity index (χ0) is 11.7. The highest BCUT2D eigenvalue weighted by Crippen LogP contribution is 2.41. The number of fused-ring (bicyclic) bond motifs is 1. The molecule has 0 amide bonds. The van der Waals surface area contributed by atoms with Crippen molar-refractivity contribution in [2.45, 2.75) is 13.0 Å². The van der Waals surface area contributed by atoms with E-state index >= 15 is 0 Å². The van der Waals surface area contributed by atoms with Crippen LogP contribution in [0.3, 0.4) is 0 Å². The molecular weight excluding hydrogens is 214 g/mol. The summed E-state index contributed by atoms with van der Waals surface area (Å²) < 4.78 is 10.2. The fraction of sp³-hybridized carbons (Fsp3) is 0.300. The minimum atomic E-state index is -0.549. The molecule has 1 aliphatic rings. The molecule has 1 aliphatic heterocycles. The summed E-state index contributed by atoms with van der Waals surface area (Å²) in [4.78, 5) is 21.0. The zero-order valence-corrected chi connectivity index (χ0v) is 8.50. The third-order valence-electron chi connectivity index (χ3n) is 2.26. The van der Waals surface area contributed by atoms with Crippen LogP contribution in [0.2, 0.25) is 0 Å². The van der Waals surface area contributed by atoms with Gasteiger partial charge in [-0.3, -0.25) is 14.9 Å². The molecular formula is C10H9NO5. The predicted molar refractivity (Wildman–Crippen MR) is 53.1 cm³/mol. The largest absolute Gasteiger partial charge is 0.482 e. The minimum absolute atomic E-state index is 0.104. The first kappa shape index (κ1) is 10.4. The molecule has 84 valence electrons. The molecule has 2 rings (SSSR count). The summed E-state index contributed by atoms with van der Waals surface area (Å²) in [5.41, 5.74) is 0.441. The Labute approximate surface area is 90.9 Å². The van der Waals surface area contributed by atoms with E-state index in [0.717, 1.165) is 0 Å². The fourth-order valence-electron chi connectivity index (χ4n) is 1.64. The number of nitro groups is 1. The van der Waals surface area contributed by atoms with Crippen LogP contribution in [-0.4, -0.2) is 17.5 Å². The molecule has 6 nitrogen and oxygen atoms in total. The Hall–Kier alpha value is -2.11. The lowest BCUT2D eigenvalue weighted by atomic mass is 10.1. The van der Waals surface area contributed by atoms with Crippen LogP contribution < -0.4 is 4.74 Å². The normalized spacial score (nSPS) is 17.4. The van der Waals surface area contributed by atoms with Gasteiger partial charge in [0.05, 0.1) is 4.92 Å². The Kier molecular flexibility index (Phi) is 2.47. The molecule has 0 bridgehead atoms. The van der Waals surface area contributed by atoms with E-state index in [4.69, 9.17) is 9.47 Å². The number of hydrogen-bond acceptors (Lipinski definition) is 5. The minimum Gasteiger partial charge on any atom is -0.482 e. The van der Waals surface area contributed by atoms with Gasteiger partial charge in [-0.05, 0) is 0 Å². The first-order valence-electron chi connectivity index (χ1n) is 4.67. The number of ether oxygens (including phenoxy) is 2. The number of hydrogen-bond donors (Lipinski definition) is 0. The summed E-state index contributed by atoms with van der Waals surface area (Å²) >= 11 is 0. The van der Waals surface area contributed by atoms with Crippen LogP contribution in [0.4, 0.5) is 5.69 Å². The standard InChI is InChI=1S/C10H9NO5/c1-6(12)16-9-5-15-10-7(9)3-2-4-8(10)11(13)14/h2-4,9H,5H2,1H3. The number of rotatable bonds is 2. The SMILES string of the molecule is CC(=O)OC1COc2c1cccc2[N+](=O)[O-]. The second kappa shape index (κ2) is 3.80. The highest BCUT2D eigenvalue weighted by molar-refractivity contribution is 5.67. The summed E-state index contributed by atoms with van der Waals surface area (Å²) in [5.74, 6) is -0.244. The fourth-order valence-corrected chi connectivity index (χ4v) is 1.64. The van der Waals surface area contributed by atoms with E-state index in [1.54, 1.807) is 12.1 Å². The van der Waals surface area contributed by atoms with Gasteiger partial charge in [-0.15, -0.1) is 0 Å². The number of carbonyl (C=O) groups is 1. The van der Waals surface area contributed by atoms with E-state index < -0.39 is 17.0 Å². The van der Waals surface area contributed by atoms with Gasteiger partial charge >= 0.3 is 11.7 Å². The number of benzene rings is 1. The monoisotopic (exact) mass is 223 g/mol. The van der Waals surface area contributed by atoms with Crippen LogP contribution in [0.15, 0.2) is 18.2 Å². The Morgan fingerprint density at radius 2 is 2.38 bits per heavy atom. The highest BCUT2D eigenvalue weighted by Gasteiger charge is 2.32. The summed E-state index contributed by atoms with van der Waals surface area (Å²) in [5, 5.41) is 10.7. The Morgan fingerprint density at radius 1 is 1.62 bits per heavy atom. The van der Waals surface area contributed by atoms with Gasteiger partial charge in [0.1, 0.15) is 6.61 Å². The summed E-state index contributed by atoms with van der Waals surface area (Å²) in [6.45, 7) is 1.41. The maximum Gasteiger partial charge on any atom is 0.311 e. The lowest BCUT2D eigenvalue weighted by Gasteiger charge is -2.07. The molecule has 0 aromatic heterocycles. The molecule has 0 aliphatic carbocycles. The molecule has 0 saturated carbocycles. The van der Waals surface area contributed by atoms with Crippen molar-refractivity contribution >= 4 is 11.7 Å². The van der Waals surface area contributed by atoms with Crippen molar-refractivity contribution < 1.29 is 19.2 Å². The van der Waals surface area contributed by atoms with Gasteiger partial charge in [-0.2, -0.15) is 0 Å². The molecule has 16 heavy (non-hydrogen) atoms. The molecule has 1 atom stereocenters. The van der Waals surface area contributed by atoms with Crippen molar-refractivity contribution in [3.05, 3.63) is 33.9 Å². The van der Waals surface area contributed by atoms with Crippen LogP contribution in [-0.2, 0) is 9.53 Å². The lowest BCUT2D eigenvalue weighted by Crippen LogP contribution is -2.09. The molecule has 1 unspecified atom stereocenters. The number of carbonyl (C=O) groups excluding carboxylic acids is 1. The average molecular weight is 223 g/mol. The molecule has 1 aromatic rings. The van der Waals surface area contributed by atoms with Crippen LogP contribution >= 0.6 is 0 Å². The van der Waals surface area contributed by atoms with Crippen LogP contribution in [0.25, 0.3) is 0 Å². The van der Waals surface area contributed by atoms with E-state index in [2.05, 4.69) is 0 Å². The second-order valence-electron chi connectivity index (χ2n) is 3.36. The molecule has 0 saturated heterocycles. The van der Waals surface area contributed by atoms with E-state index in [9.17, 15) is 14.9 Å². The zero-order valence-electron chi connectivity index (χ0n) is 8.50. The molecule has 0 fully saturated rings. The highest BCUT2D eigenvalue weighted by atomic mass is 16.6. The summed E-state index contributed by atoms with van der Waals surface area (Å²) in [7, 11) is 0. The van der Waals surface area contributed by atoms with Gasteiger partial charge in [0.25, 0.3) is 0 Å². The van der Waals surface area contributed by atoms with E-state index in [1.165, 1.54) is 13.0 Å². The Morgan fingerprint density at radius 3 is 3.00 bits per heavy atom. The Balaban J connectivity index is 2.37. The van der Waals surface area contributed by atoms with Gasteiger partial charge in [-0.1, -0.05) is 12.1 Å². The van der Waals surface area contributed by atoms with Crippen molar-refractivity contribution in [1.82, 2.24) is 0 Å². The quantitative estimate of drug-likeness (QED) is 0.432. The van der Waals surface area contributed by atoms with Gasteiger partial charge in [0.2, 0.25) is 5.75 Å². The number of nitro benzene ring substituents is 1.